The summed E-state index contributed by atoms with van der Waals surface area (Å²) >= 11 is 0. The van der Waals surface area contributed by atoms with Gasteiger partial charge in [-0.25, -0.2) is 0 Å². The predicted molar refractivity (Wildman–Crippen MR) is 172 cm³/mol. The Hall–Kier alpha value is -3.42. The van der Waals surface area contributed by atoms with E-state index >= 15 is 0 Å². The van der Waals surface area contributed by atoms with Crippen LogP contribution in [0.15, 0.2) is 0 Å². The quantitative estimate of drug-likeness (QED) is 0.158. The Bertz CT molecular complexity index is 781. The number of carboxylic acid groups (broad SMARTS) is 6. The zero-order chi connectivity index (χ0) is 35.9. The highest BCUT2D eigenvalue weighted by Crippen LogP contribution is 2.06. The van der Waals surface area contributed by atoms with E-state index in [4.69, 9.17) is 30.6 Å². The molecule has 6 aliphatic heterocycles. The van der Waals surface area contributed by atoms with Crippen LogP contribution in [0.3, 0.4) is 0 Å². The average Bonchev–Trinajstić information content (AvgIpc) is 3.91. The number of hydrogen-bond acceptors (Lipinski definition) is 12. The molecule has 0 aliphatic carbocycles. The van der Waals surface area contributed by atoms with E-state index in [1.807, 2.05) is 0 Å². The first-order valence-corrected chi connectivity index (χ1v) is 16.6. The van der Waals surface area contributed by atoms with Crippen LogP contribution >= 0.6 is 0 Å². The lowest BCUT2D eigenvalue weighted by Gasteiger charge is -1.99. The van der Waals surface area contributed by atoms with E-state index in [-0.39, 0.29) is 36.3 Å². The van der Waals surface area contributed by atoms with Crippen LogP contribution in [0.1, 0.15) is 77.0 Å². The maximum atomic E-state index is 10.1. The van der Waals surface area contributed by atoms with Gasteiger partial charge in [-0.15, -0.1) is 0 Å². The molecule has 6 rings (SSSR count). The second-order valence-corrected chi connectivity index (χ2v) is 11.9. The Morgan fingerprint density at radius 2 is 0.417 bits per heavy atom. The van der Waals surface area contributed by atoms with Gasteiger partial charge in [0.25, 0.3) is 0 Å². The minimum atomic E-state index is -0.720. The fraction of sp³-hybridized carbons (Fsp3) is 0.800. The third-order valence-electron chi connectivity index (χ3n) is 8.15. The van der Waals surface area contributed by atoms with Crippen molar-refractivity contribution in [2.45, 2.75) is 113 Å². The van der Waals surface area contributed by atoms with Gasteiger partial charge in [0.2, 0.25) is 0 Å². The Balaban J connectivity index is 0.000000288. The molecule has 6 fully saturated rings. The van der Waals surface area contributed by atoms with Crippen molar-refractivity contribution in [3.05, 3.63) is 0 Å². The molecule has 6 aliphatic rings. The highest BCUT2D eigenvalue weighted by molar-refractivity contribution is 5.75. The van der Waals surface area contributed by atoms with Gasteiger partial charge in [-0.2, -0.15) is 0 Å². The summed E-state index contributed by atoms with van der Waals surface area (Å²) in [6.07, 6.45) is 10.7. The molecule has 0 aromatic rings. The zero-order valence-electron chi connectivity index (χ0n) is 27.3. The highest BCUT2D eigenvalue weighted by Gasteiger charge is 2.23. The molecule has 48 heavy (non-hydrogen) atoms. The van der Waals surface area contributed by atoms with E-state index in [1.165, 1.54) is 0 Å². The molecule has 0 spiro atoms. The molecule has 0 amide bonds. The van der Waals surface area contributed by atoms with E-state index in [2.05, 4.69) is 31.9 Å². The third kappa shape index (κ3) is 18.8. The van der Waals surface area contributed by atoms with Gasteiger partial charge in [0.1, 0.15) is 36.3 Å². The minimum absolute atomic E-state index is 0.269. The molecule has 0 saturated carbocycles. The van der Waals surface area contributed by atoms with Gasteiger partial charge in [-0.05, 0) is 116 Å². The average molecular weight is 691 g/mol. The first-order chi connectivity index (χ1) is 22.8. The summed E-state index contributed by atoms with van der Waals surface area (Å²) in [6, 6.07) is -1.61. The minimum Gasteiger partial charge on any atom is -0.480 e. The fourth-order valence-electron chi connectivity index (χ4n) is 5.37. The monoisotopic (exact) mass is 690 g/mol. The molecular weight excluding hydrogens is 636 g/mol. The Labute approximate surface area is 279 Å². The largest absolute Gasteiger partial charge is 0.480 e. The Morgan fingerprint density at radius 1 is 0.292 bits per heavy atom. The zero-order valence-corrected chi connectivity index (χ0v) is 27.3. The van der Waals surface area contributed by atoms with E-state index in [0.717, 1.165) is 116 Å². The number of carbonyl (C=O) groups is 6. The normalized spacial score (nSPS) is 28.2. The molecule has 276 valence electrons. The lowest BCUT2D eigenvalue weighted by atomic mass is 10.2. The Kier molecular flexibility index (Phi) is 21.9. The molecule has 0 aromatic carbocycles. The second-order valence-electron chi connectivity index (χ2n) is 11.9. The van der Waals surface area contributed by atoms with Crippen LogP contribution in [-0.4, -0.2) is 142 Å². The van der Waals surface area contributed by atoms with Crippen LogP contribution in [-0.2, 0) is 28.8 Å². The van der Waals surface area contributed by atoms with Gasteiger partial charge >= 0.3 is 35.8 Å². The molecular formula is C30H54N6O12. The van der Waals surface area contributed by atoms with E-state index in [1.54, 1.807) is 0 Å². The van der Waals surface area contributed by atoms with Crippen molar-refractivity contribution >= 4 is 35.8 Å². The highest BCUT2D eigenvalue weighted by atomic mass is 16.4. The first kappa shape index (κ1) is 42.6. The van der Waals surface area contributed by atoms with Crippen LogP contribution < -0.4 is 31.9 Å². The number of nitrogens with one attached hydrogen (secondary N) is 6. The first-order valence-electron chi connectivity index (χ1n) is 16.6. The summed E-state index contributed by atoms with van der Waals surface area (Å²) in [5.41, 5.74) is 0. The van der Waals surface area contributed by atoms with E-state index in [0.29, 0.717) is 0 Å². The molecule has 6 heterocycles. The van der Waals surface area contributed by atoms with Gasteiger partial charge in [0.15, 0.2) is 0 Å². The number of rotatable bonds is 6. The van der Waals surface area contributed by atoms with Crippen molar-refractivity contribution in [3.8, 4) is 0 Å². The van der Waals surface area contributed by atoms with Crippen molar-refractivity contribution in [3.63, 3.8) is 0 Å². The van der Waals surface area contributed by atoms with Crippen LogP contribution in [0.5, 0.6) is 0 Å². The summed E-state index contributed by atoms with van der Waals surface area (Å²) in [6.45, 7) is 5.15. The summed E-state index contributed by atoms with van der Waals surface area (Å²) < 4.78 is 0. The molecule has 0 radical (unpaired) electrons. The van der Waals surface area contributed by atoms with Gasteiger partial charge < -0.3 is 62.5 Å². The van der Waals surface area contributed by atoms with Crippen molar-refractivity contribution in [2.75, 3.05) is 39.3 Å². The van der Waals surface area contributed by atoms with Crippen molar-refractivity contribution in [1.29, 1.82) is 0 Å². The molecule has 0 unspecified atom stereocenters. The van der Waals surface area contributed by atoms with Crippen LogP contribution in [0.25, 0.3) is 0 Å². The molecule has 18 nitrogen and oxygen atoms in total. The number of carboxylic acids is 6. The number of hydrogen-bond donors (Lipinski definition) is 12. The maximum absolute atomic E-state index is 10.1. The summed E-state index contributed by atoms with van der Waals surface area (Å²) in [5.74, 6) is -4.32. The molecule has 6 saturated heterocycles. The smallest absolute Gasteiger partial charge is 0.320 e. The van der Waals surface area contributed by atoms with Gasteiger partial charge in [0, 0.05) is 0 Å². The van der Waals surface area contributed by atoms with Crippen molar-refractivity contribution in [1.82, 2.24) is 31.9 Å². The van der Waals surface area contributed by atoms with Gasteiger partial charge in [0.05, 0.1) is 0 Å². The molecule has 6 atom stereocenters. The van der Waals surface area contributed by atoms with Gasteiger partial charge in [-0.3, -0.25) is 28.8 Å². The van der Waals surface area contributed by atoms with Crippen LogP contribution in [0, 0.1) is 0 Å². The van der Waals surface area contributed by atoms with Crippen molar-refractivity contribution < 1.29 is 59.4 Å². The predicted octanol–water partition coefficient (Wildman–Crippen LogP) is -1.06. The topological polar surface area (TPSA) is 296 Å². The Morgan fingerprint density at radius 3 is 0.458 bits per heavy atom. The lowest BCUT2D eigenvalue weighted by molar-refractivity contribution is -0.140. The maximum Gasteiger partial charge on any atom is 0.320 e. The molecule has 12 N–H and O–H groups in total. The lowest BCUT2D eigenvalue weighted by Crippen LogP contribution is -2.29. The third-order valence-corrected chi connectivity index (χ3v) is 8.15. The van der Waals surface area contributed by atoms with Gasteiger partial charge in [-0.1, -0.05) is 0 Å². The molecule has 0 aromatic heterocycles. The molecule has 0 bridgehead atoms. The standard InChI is InChI=1S/6C5H9NO2/c6*7-5(8)4-2-1-3-6-4/h6*4,6H,1-3H2,(H,7,8)/t6*4-/m000000/s1. The van der Waals surface area contributed by atoms with Crippen LogP contribution in [0.4, 0.5) is 0 Å². The van der Waals surface area contributed by atoms with Crippen LogP contribution in [0.2, 0.25) is 0 Å². The SMILES string of the molecule is O=C(O)[C@@H]1CCCN1.O=C(O)[C@@H]1CCCN1.O=C(O)[C@@H]1CCCN1.O=C(O)[C@@H]1CCCN1.O=C(O)[C@@H]1CCCN1.O=C(O)[C@@H]1CCCN1. The van der Waals surface area contributed by atoms with E-state index < -0.39 is 35.8 Å². The summed E-state index contributed by atoms with van der Waals surface area (Å²) in [5, 5.41) is 67.2. The second kappa shape index (κ2) is 24.7. The molecule has 18 heteroatoms. The summed E-state index contributed by atoms with van der Waals surface area (Å²) in [7, 11) is 0. The number of aliphatic carboxylic acids is 6. The van der Waals surface area contributed by atoms with Crippen molar-refractivity contribution in [2.24, 2.45) is 0 Å². The fourth-order valence-corrected chi connectivity index (χ4v) is 5.37. The van der Waals surface area contributed by atoms with E-state index in [9.17, 15) is 28.8 Å². The summed E-state index contributed by atoms with van der Waals surface area (Å²) in [4.78, 5) is 60.8.